The van der Waals surface area contributed by atoms with Crippen molar-refractivity contribution in [2.75, 3.05) is 26.2 Å². The van der Waals surface area contributed by atoms with E-state index in [1.807, 2.05) is 4.90 Å². The summed E-state index contributed by atoms with van der Waals surface area (Å²) >= 11 is 0. The number of carbonyl (C=O) groups is 1. The van der Waals surface area contributed by atoms with Crippen molar-refractivity contribution in [3.8, 4) is 0 Å². The van der Waals surface area contributed by atoms with Gasteiger partial charge in [-0.2, -0.15) is 0 Å². The molecule has 1 saturated carbocycles. The van der Waals surface area contributed by atoms with Crippen LogP contribution in [0.15, 0.2) is 0 Å². The Balaban J connectivity index is 1.49. The van der Waals surface area contributed by atoms with E-state index in [9.17, 15) is 9.18 Å². The average molecular weight is 282 g/mol. The van der Waals surface area contributed by atoms with E-state index >= 15 is 0 Å². The highest BCUT2D eigenvalue weighted by atomic mass is 19.1. The Morgan fingerprint density at radius 3 is 2.50 bits per heavy atom. The Morgan fingerprint density at radius 1 is 1.30 bits per heavy atom. The Bertz CT molecular complexity index is 375. The fraction of sp³-hybridized carbons (Fsp3) is 0.938. The third kappa shape index (κ3) is 2.47. The Hall–Kier alpha value is -0.640. The minimum atomic E-state index is -1.06. The van der Waals surface area contributed by atoms with E-state index in [0.29, 0.717) is 18.5 Å². The van der Waals surface area contributed by atoms with E-state index in [0.717, 1.165) is 51.7 Å². The molecular weight excluding hydrogens is 255 g/mol. The molecule has 3 aliphatic rings. The fourth-order valence-electron chi connectivity index (χ4n) is 4.05. The van der Waals surface area contributed by atoms with Gasteiger partial charge in [-0.1, -0.05) is 13.3 Å². The molecule has 3 nitrogen and oxygen atoms in total. The number of hydrogen-bond acceptors (Lipinski definition) is 2. The summed E-state index contributed by atoms with van der Waals surface area (Å²) in [6.07, 6.45) is 4.95. The molecule has 0 radical (unpaired) electrons. The summed E-state index contributed by atoms with van der Waals surface area (Å²) in [6.45, 7) is 7.31. The second-order valence-corrected chi connectivity index (χ2v) is 7.14. The van der Waals surface area contributed by atoms with Crippen molar-refractivity contribution in [1.82, 2.24) is 9.80 Å². The summed E-state index contributed by atoms with van der Waals surface area (Å²) in [6, 6.07) is 0.443. The molecule has 1 amide bonds. The van der Waals surface area contributed by atoms with Crippen molar-refractivity contribution in [2.24, 2.45) is 11.8 Å². The van der Waals surface area contributed by atoms with Gasteiger partial charge in [-0.05, 0) is 45.1 Å². The van der Waals surface area contributed by atoms with Gasteiger partial charge >= 0.3 is 0 Å². The first kappa shape index (κ1) is 14.3. The number of carbonyl (C=O) groups excluding carboxylic acids is 1. The first-order valence-electron chi connectivity index (χ1n) is 8.23. The van der Waals surface area contributed by atoms with E-state index in [4.69, 9.17) is 0 Å². The fourth-order valence-corrected chi connectivity index (χ4v) is 4.05. The van der Waals surface area contributed by atoms with Gasteiger partial charge in [-0.15, -0.1) is 0 Å². The summed E-state index contributed by atoms with van der Waals surface area (Å²) in [4.78, 5) is 16.4. The third-order valence-electron chi connectivity index (χ3n) is 5.77. The topological polar surface area (TPSA) is 23.6 Å². The maximum atomic E-state index is 14.6. The minimum Gasteiger partial charge on any atom is -0.342 e. The Morgan fingerprint density at radius 2 is 2.00 bits per heavy atom. The van der Waals surface area contributed by atoms with E-state index < -0.39 is 5.67 Å². The summed E-state index contributed by atoms with van der Waals surface area (Å²) in [5, 5.41) is 0. The smallest absolute Gasteiger partial charge is 0.225 e. The van der Waals surface area contributed by atoms with E-state index in [1.54, 1.807) is 6.92 Å². The molecule has 1 unspecified atom stereocenters. The molecule has 114 valence electrons. The SMILES string of the molecule is CC[C@H]1CCN(C2CC(C(=O)N3CCC3)C2)CC1(C)F. The van der Waals surface area contributed by atoms with E-state index in [2.05, 4.69) is 11.8 Å². The lowest BCUT2D eigenvalue weighted by Crippen LogP contribution is -2.58. The zero-order valence-electron chi connectivity index (χ0n) is 12.8. The number of amides is 1. The molecule has 0 bridgehead atoms. The van der Waals surface area contributed by atoms with E-state index in [1.165, 1.54) is 0 Å². The van der Waals surface area contributed by atoms with Gasteiger partial charge in [0.15, 0.2) is 0 Å². The second kappa shape index (κ2) is 5.28. The first-order valence-corrected chi connectivity index (χ1v) is 8.23. The van der Waals surface area contributed by atoms with Gasteiger partial charge in [0.25, 0.3) is 0 Å². The summed E-state index contributed by atoms with van der Waals surface area (Å²) in [5.41, 5.74) is -1.06. The van der Waals surface area contributed by atoms with Crippen molar-refractivity contribution in [2.45, 2.75) is 57.7 Å². The van der Waals surface area contributed by atoms with Crippen LogP contribution in [0.5, 0.6) is 0 Å². The van der Waals surface area contributed by atoms with Crippen LogP contribution in [-0.2, 0) is 4.79 Å². The molecule has 2 atom stereocenters. The van der Waals surface area contributed by atoms with Crippen molar-refractivity contribution in [1.29, 1.82) is 0 Å². The molecule has 0 aromatic carbocycles. The highest BCUT2D eigenvalue weighted by Gasteiger charge is 2.46. The number of halogens is 1. The molecule has 0 spiro atoms. The second-order valence-electron chi connectivity index (χ2n) is 7.14. The zero-order valence-corrected chi connectivity index (χ0v) is 12.8. The molecule has 4 heteroatoms. The lowest BCUT2D eigenvalue weighted by molar-refractivity contribution is -0.145. The number of nitrogens with zero attached hydrogens (tertiary/aromatic N) is 2. The third-order valence-corrected chi connectivity index (χ3v) is 5.77. The molecule has 2 saturated heterocycles. The maximum absolute atomic E-state index is 14.6. The van der Waals surface area contributed by atoms with Crippen LogP contribution in [0, 0.1) is 11.8 Å². The zero-order chi connectivity index (χ0) is 14.3. The highest BCUT2D eigenvalue weighted by molar-refractivity contribution is 5.80. The summed E-state index contributed by atoms with van der Waals surface area (Å²) < 4.78 is 14.6. The quantitative estimate of drug-likeness (QED) is 0.794. The van der Waals surface area contributed by atoms with Crippen LogP contribution in [-0.4, -0.2) is 53.6 Å². The molecule has 0 aromatic heterocycles. The normalized spacial score (nSPS) is 42.0. The largest absolute Gasteiger partial charge is 0.342 e. The molecular formula is C16H27FN2O. The highest BCUT2D eigenvalue weighted by Crippen LogP contribution is 2.40. The number of hydrogen-bond donors (Lipinski definition) is 0. The molecule has 2 heterocycles. The molecule has 3 rings (SSSR count). The monoisotopic (exact) mass is 282 g/mol. The minimum absolute atomic E-state index is 0.206. The molecule has 20 heavy (non-hydrogen) atoms. The predicted octanol–water partition coefficient (Wildman–Crippen LogP) is 2.46. The van der Waals surface area contributed by atoms with Crippen LogP contribution in [0.2, 0.25) is 0 Å². The molecule has 3 fully saturated rings. The van der Waals surface area contributed by atoms with Gasteiger partial charge < -0.3 is 4.90 Å². The van der Waals surface area contributed by atoms with Crippen molar-refractivity contribution in [3.05, 3.63) is 0 Å². The van der Waals surface area contributed by atoms with Gasteiger partial charge in [-0.3, -0.25) is 9.69 Å². The summed E-state index contributed by atoms with van der Waals surface area (Å²) in [5.74, 6) is 0.770. The van der Waals surface area contributed by atoms with Gasteiger partial charge in [0, 0.05) is 31.6 Å². The predicted molar refractivity (Wildman–Crippen MR) is 77.2 cm³/mol. The van der Waals surface area contributed by atoms with Crippen molar-refractivity contribution in [3.63, 3.8) is 0 Å². The lowest BCUT2D eigenvalue weighted by atomic mass is 9.75. The Labute approximate surface area is 121 Å². The van der Waals surface area contributed by atoms with Crippen LogP contribution < -0.4 is 0 Å². The average Bonchev–Trinajstić information content (AvgIpc) is 2.23. The molecule has 1 aliphatic carbocycles. The van der Waals surface area contributed by atoms with Crippen LogP contribution in [0.25, 0.3) is 0 Å². The van der Waals surface area contributed by atoms with Crippen LogP contribution in [0.3, 0.4) is 0 Å². The number of rotatable bonds is 3. The maximum Gasteiger partial charge on any atom is 0.225 e. The lowest BCUT2D eigenvalue weighted by Gasteiger charge is -2.50. The molecule has 2 aliphatic heterocycles. The van der Waals surface area contributed by atoms with Crippen LogP contribution in [0.1, 0.15) is 46.0 Å². The standard InChI is InChI=1S/C16H27FN2O/c1-3-13-5-8-19(11-16(13,2)17)14-9-12(10-14)15(20)18-6-4-7-18/h12-14H,3-11H2,1-2H3/t12?,13-,14?,16?/m0/s1. The van der Waals surface area contributed by atoms with Crippen molar-refractivity contribution >= 4 is 5.91 Å². The first-order chi connectivity index (χ1) is 9.51. The van der Waals surface area contributed by atoms with E-state index in [-0.39, 0.29) is 11.8 Å². The summed E-state index contributed by atoms with van der Waals surface area (Å²) in [7, 11) is 0. The van der Waals surface area contributed by atoms with Crippen LogP contribution in [0.4, 0.5) is 4.39 Å². The van der Waals surface area contributed by atoms with Gasteiger partial charge in [0.1, 0.15) is 5.67 Å². The molecule has 0 aromatic rings. The van der Waals surface area contributed by atoms with Gasteiger partial charge in [0.2, 0.25) is 5.91 Å². The number of piperidine rings is 1. The van der Waals surface area contributed by atoms with Gasteiger partial charge in [-0.25, -0.2) is 4.39 Å². The number of alkyl halides is 1. The van der Waals surface area contributed by atoms with Gasteiger partial charge in [0.05, 0.1) is 0 Å². The number of likely N-dealkylation sites (tertiary alicyclic amines) is 2. The molecule has 0 N–H and O–H groups in total. The van der Waals surface area contributed by atoms with Crippen molar-refractivity contribution < 1.29 is 9.18 Å². The Kier molecular flexibility index (Phi) is 3.78. The van der Waals surface area contributed by atoms with Crippen LogP contribution >= 0.6 is 0 Å².